The molecular formula is C14H16FNO. The Hall–Kier alpha value is -2.03. The van der Waals surface area contributed by atoms with Crippen molar-refractivity contribution < 1.29 is 9.13 Å². The van der Waals surface area contributed by atoms with E-state index in [9.17, 15) is 4.39 Å². The summed E-state index contributed by atoms with van der Waals surface area (Å²) < 4.78 is 18.3. The first-order valence-electron chi connectivity index (χ1n) is 5.25. The van der Waals surface area contributed by atoms with E-state index in [4.69, 9.17) is 10.5 Å². The average Bonchev–Trinajstić information content (AvgIpc) is 2.30. The molecular weight excluding hydrogens is 217 g/mol. The van der Waals surface area contributed by atoms with Gasteiger partial charge < -0.3 is 10.5 Å². The lowest BCUT2D eigenvalue weighted by atomic mass is 10.2. The van der Waals surface area contributed by atoms with E-state index in [-0.39, 0.29) is 5.82 Å². The molecule has 0 saturated carbocycles. The van der Waals surface area contributed by atoms with Crippen molar-refractivity contribution in [3.63, 3.8) is 0 Å². The third-order valence-electron chi connectivity index (χ3n) is 2.20. The predicted octanol–water partition coefficient (Wildman–Crippen LogP) is 3.53. The quantitative estimate of drug-likeness (QED) is 0.637. The molecule has 0 aromatic heterocycles. The van der Waals surface area contributed by atoms with E-state index < -0.39 is 0 Å². The number of hydrogen-bond donors (Lipinski definition) is 1. The Morgan fingerprint density at radius 1 is 1.35 bits per heavy atom. The summed E-state index contributed by atoms with van der Waals surface area (Å²) in [4.78, 5) is 0. The molecule has 0 aliphatic rings. The van der Waals surface area contributed by atoms with Gasteiger partial charge >= 0.3 is 0 Å². The molecule has 0 amide bonds. The fourth-order valence-electron chi connectivity index (χ4n) is 1.12. The maximum atomic E-state index is 12.7. The monoisotopic (exact) mass is 233 g/mol. The topological polar surface area (TPSA) is 35.2 Å². The van der Waals surface area contributed by atoms with Gasteiger partial charge in [0.1, 0.15) is 17.3 Å². The number of hydrogen-bond acceptors (Lipinski definition) is 2. The molecule has 0 fully saturated rings. The zero-order valence-corrected chi connectivity index (χ0v) is 10.0. The molecule has 0 unspecified atom stereocenters. The van der Waals surface area contributed by atoms with Crippen molar-refractivity contribution in [3.05, 3.63) is 65.8 Å². The number of rotatable bonds is 4. The smallest absolute Gasteiger partial charge is 0.127 e. The largest absolute Gasteiger partial charge is 0.458 e. The highest BCUT2D eigenvalue weighted by atomic mass is 19.1. The van der Waals surface area contributed by atoms with Crippen LogP contribution in [0.25, 0.3) is 0 Å². The summed E-state index contributed by atoms with van der Waals surface area (Å²) in [7, 11) is 0. The van der Waals surface area contributed by atoms with Gasteiger partial charge in [-0.3, -0.25) is 0 Å². The highest BCUT2D eigenvalue weighted by Gasteiger charge is 1.99. The Labute approximate surface area is 101 Å². The second-order valence-corrected chi connectivity index (χ2v) is 3.60. The molecule has 1 rings (SSSR count). The molecule has 0 radical (unpaired) electrons. The lowest BCUT2D eigenvalue weighted by Gasteiger charge is -2.07. The molecule has 0 aliphatic carbocycles. The van der Waals surface area contributed by atoms with Gasteiger partial charge in [-0.25, -0.2) is 4.39 Å². The fourth-order valence-corrected chi connectivity index (χ4v) is 1.12. The number of benzene rings is 1. The SMILES string of the molecule is C=C(N)/C(C)=C\C(=C/C)Oc1ccc(F)cc1. The van der Waals surface area contributed by atoms with E-state index in [1.165, 1.54) is 12.1 Å². The summed E-state index contributed by atoms with van der Waals surface area (Å²) in [5.41, 5.74) is 6.88. The van der Waals surface area contributed by atoms with Crippen LogP contribution in [0.15, 0.2) is 60.0 Å². The molecule has 0 aliphatic heterocycles. The Balaban J connectivity index is 2.82. The zero-order chi connectivity index (χ0) is 12.8. The van der Waals surface area contributed by atoms with Crippen LogP contribution in [-0.2, 0) is 0 Å². The molecule has 17 heavy (non-hydrogen) atoms. The number of halogens is 1. The molecule has 0 bridgehead atoms. The summed E-state index contributed by atoms with van der Waals surface area (Å²) in [6.45, 7) is 7.33. The fraction of sp³-hybridized carbons (Fsp3) is 0.143. The van der Waals surface area contributed by atoms with E-state index in [2.05, 4.69) is 6.58 Å². The van der Waals surface area contributed by atoms with E-state index in [0.717, 1.165) is 5.57 Å². The standard InChI is InChI=1S/C14H16FNO/c1-4-13(9-10(2)11(3)16)17-14-7-5-12(15)6-8-14/h4-9H,3,16H2,1-2H3/b10-9-,13-4+. The molecule has 90 valence electrons. The van der Waals surface area contributed by atoms with Crippen LogP contribution in [0.2, 0.25) is 0 Å². The molecule has 0 heterocycles. The highest BCUT2D eigenvalue weighted by Crippen LogP contribution is 2.16. The second-order valence-electron chi connectivity index (χ2n) is 3.60. The molecule has 2 N–H and O–H groups in total. The number of ether oxygens (including phenoxy) is 1. The van der Waals surface area contributed by atoms with Crippen molar-refractivity contribution in [2.45, 2.75) is 13.8 Å². The maximum Gasteiger partial charge on any atom is 0.127 e. The van der Waals surface area contributed by atoms with Crippen molar-refractivity contribution in [2.24, 2.45) is 5.73 Å². The first kappa shape index (κ1) is 13.0. The molecule has 1 aromatic rings. The number of allylic oxidation sites excluding steroid dienone is 3. The van der Waals surface area contributed by atoms with Gasteiger partial charge in [0, 0.05) is 5.70 Å². The van der Waals surface area contributed by atoms with Crippen LogP contribution in [0.5, 0.6) is 5.75 Å². The first-order chi connectivity index (χ1) is 8.02. The molecule has 2 nitrogen and oxygen atoms in total. The average molecular weight is 233 g/mol. The Kier molecular flexibility index (Phi) is 4.52. The lowest BCUT2D eigenvalue weighted by molar-refractivity contribution is 0.441. The summed E-state index contributed by atoms with van der Waals surface area (Å²) in [6, 6.07) is 5.83. The zero-order valence-electron chi connectivity index (χ0n) is 10.0. The maximum absolute atomic E-state index is 12.7. The van der Waals surface area contributed by atoms with Gasteiger partial charge in [-0.1, -0.05) is 6.58 Å². The minimum absolute atomic E-state index is 0.290. The van der Waals surface area contributed by atoms with Crippen molar-refractivity contribution >= 4 is 0 Å². The van der Waals surface area contributed by atoms with Gasteiger partial charge in [0.15, 0.2) is 0 Å². The van der Waals surface area contributed by atoms with E-state index in [0.29, 0.717) is 17.2 Å². The summed E-state index contributed by atoms with van der Waals surface area (Å²) >= 11 is 0. The van der Waals surface area contributed by atoms with Crippen molar-refractivity contribution in [2.75, 3.05) is 0 Å². The third kappa shape index (κ3) is 4.15. The lowest BCUT2D eigenvalue weighted by Crippen LogP contribution is -1.99. The van der Waals surface area contributed by atoms with Crippen LogP contribution < -0.4 is 10.5 Å². The molecule has 0 spiro atoms. The summed E-state index contributed by atoms with van der Waals surface area (Å²) in [5, 5.41) is 0. The van der Waals surface area contributed by atoms with Crippen LogP contribution >= 0.6 is 0 Å². The van der Waals surface area contributed by atoms with Crippen molar-refractivity contribution in [3.8, 4) is 5.75 Å². The van der Waals surface area contributed by atoms with E-state index in [1.54, 1.807) is 24.3 Å². The van der Waals surface area contributed by atoms with Gasteiger partial charge in [-0.15, -0.1) is 0 Å². The molecule has 1 aromatic carbocycles. The van der Waals surface area contributed by atoms with Crippen LogP contribution in [0.4, 0.5) is 4.39 Å². The van der Waals surface area contributed by atoms with Crippen molar-refractivity contribution in [1.82, 2.24) is 0 Å². The van der Waals surface area contributed by atoms with Gasteiger partial charge in [0.2, 0.25) is 0 Å². The van der Waals surface area contributed by atoms with Gasteiger partial charge in [0.25, 0.3) is 0 Å². The van der Waals surface area contributed by atoms with Crippen LogP contribution in [-0.4, -0.2) is 0 Å². The minimum Gasteiger partial charge on any atom is -0.458 e. The van der Waals surface area contributed by atoms with Gasteiger partial charge in [-0.05, 0) is 55.8 Å². The molecule has 0 atom stereocenters. The van der Waals surface area contributed by atoms with Crippen molar-refractivity contribution in [1.29, 1.82) is 0 Å². The predicted molar refractivity (Wildman–Crippen MR) is 67.9 cm³/mol. The minimum atomic E-state index is -0.290. The summed E-state index contributed by atoms with van der Waals surface area (Å²) in [6.07, 6.45) is 3.58. The van der Waals surface area contributed by atoms with E-state index >= 15 is 0 Å². The van der Waals surface area contributed by atoms with Crippen LogP contribution in [0, 0.1) is 5.82 Å². The first-order valence-corrected chi connectivity index (χ1v) is 5.25. The van der Waals surface area contributed by atoms with E-state index in [1.807, 2.05) is 13.8 Å². The van der Waals surface area contributed by atoms with Gasteiger partial charge in [-0.2, -0.15) is 0 Å². The Morgan fingerprint density at radius 2 is 1.94 bits per heavy atom. The molecule has 3 heteroatoms. The normalized spacial score (nSPS) is 12.4. The molecule has 0 saturated heterocycles. The third-order valence-corrected chi connectivity index (χ3v) is 2.20. The summed E-state index contributed by atoms with van der Waals surface area (Å²) in [5.74, 6) is 0.924. The van der Waals surface area contributed by atoms with Crippen LogP contribution in [0.3, 0.4) is 0 Å². The Morgan fingerprint density at radius 3 is 2.41 bits per heavy atom. The highest BCUT2D eigenvalue weighted by molar-refractivity contribution is 5.33. The Bertz CT molecular complexity index is 458. The van der Waals surface area contributed by atoms with Crippen LogP contribution in [0.1, 0.15) is 13.8 Å². The van der Waals surface area contributed by atoms with Gasteiger partial charge in [0.05, 0.1) is 0 Å². The second kappa shape index (κ2) is 5.89. The number of nitrogens with two attached hydrogens (primary N) is 1.